The Balaban J connectivity index is 1.54. The molecule has 22 heavy (non-hydrogen) atoms. The molecule has 0 saturated carbocycles. The van der Waals surface area contributed by atoms with Crippen molar-refractivity contribution in [1.82, 2.24) is 9.88 Å². The maximum atomic E-state index is 12.3. The van der Waals surface area contributed by atoms with Gasteiger partial charge in [-0.05, 0) is 57.1 Å². The predicted octanol–water partition coefficient (Wildman–Crippen LogP) is 3.62. The molecule has 0 radical (unpaired) electrons. The fourth-order valence-electron chi connectivity index (χ4n) is 3.24. The highest BCUT2D eigenvalue weighted by Gasteiger charge is 2.20. The van der Waals surface area contributed by atoms with Gasteiger partial charge in [-0.15, -0.1) is 0 Å². The molecule has 1 saturated heterocycles. The molecule has 4 nitrogen and oxygen atoms in total. The highest BCUT2D eigenvalue weighted by Crippen LogP contribution is 2.20. The smallest absolute Gasteiger partial charge is 0.272 e. The summed E-state index contributed by atoms with van der Waals surface area (Å²) in [5, 5.41) is 3.43. The van der Waals surface area contributed by atoms with E-state index in [1.807, 2.05) is 17.0 Å². The molecule has 4 heteroatoms. The number of aromatic nitrogens is 1. The first kappa shape index (κ1) is 15.1. The molecule has 0 bridgehead atoms. The normalized spacial score (nSPS) is 18.2. The van der Waals surface area contributed by atoms with Crippen LogP contribution in [0.5, 0.6) is 0 Å². The van der Waals surface area contributed by atoms with E-state index in [1.165, 1.54) is 25.7 Å². The van der Waals surface area contributed by atoms with E-state index >= 15 is 0 Å². The van der Waals surface area contributed by atoms with E-state index in [-0.39, 0.29) is 5.91 Å². The maximum Gasteiger partial charge on any atom is 0.272 e. The molecule has 1 aromatic rings. The molecule has 0 aromatic carbocycles. The van der Waals surface area contributed by atoms with Gasteiger partial charge in [0.05, 0.1) is 0 Å². The summed E-state index contributed by atoms with van der Waals surface area (Å²) in [5.41, 5.74) is 3.12. The molecule has 1 aliphatic carbocycles. The number of carbonyl (C=O) groups is 1. The number of hydrogen-bond acceptors (Lipinski definition) is 3. The van der Waals surface area contributed by atoms with Crippen molar-refractivity contribution in [1.29, 1.82) is 0 Å². The lowest BCUT2D eigenvalue weighted by Crippen LogP contribution is -2.28. The van der Waals surface area contributed by atoms with Gasteiger partial charge in [-0.1, -0.05) is 11.6 Å². The van der Waals surface area contributed by atoms with E-state index in [0.29, 0.717) is 5.69 Å². The van der Waals surface area contributed by atoms with Crippen molar-refractivity contribution in [2.75, 3.05) is 25.0 Å². The van der Waals surface area contributed by atoms with Gasteiger partial charge in [-0.2, -0.15) is 0 Å². The summed E-state index contributed by atoms with van der Waals surface area (Å²) in [6, 6.07) is 3.83. The minimum atomic E-state index is 0.0659. The lowest BCUT2D eigenvalue weighted by atomic mass is 9.97. The Morgan fingerprint density at radius 2 is 2.09 bits per heavy atom. The largest absolute Gasteiger partial charge is 0.385 e. The number of rotatable bonds is 5. The van der Waals surface area contributed by atoms with Crippen LogP contribution in [-0.4, -0.2) is 35.4 Å². The Kier molecular flexibility index (Phi) is 5.09. The predicted molar refractivity (Wildman–Crippen MR) is 89.0 cm³/mol. The number of amides is 1. The van der Waals surface area contributed by atoms with Crippen LogP contribution in [0.3, 0.4) is 0 Å². The van der Waals surface area contributed by atoms with Crippen molar-refractivity contribution in [3.63, 3.8) is 0 Å². The van der Waals surface area contributed by atoms with E-state index in [0.717, 1.165) is 44.6 Å². The Morgan fingerprint density at radius 3 is 2.86 bits per heavy atom. The minimum absolute atomic E-state index is 0.0659. The van der Waals surface area contributed by atoms with Crippen molar-refractivity contribution in [3.05, 3.63) is 35.7 Å². The van der Waals surface area contributed by atoms with Gasteiger partial charge in [-0.3, -0.25) is 9.78 Å². The second kappa shape index (κ2) is 7.43. The van der Waals surface area contributed by atoms with Gasteiger partial charge in [0.2, 0.25) is 0 Å². The zero-order chi connectivity index (χ0) is 15.2. The lowest BCUT2D eigenvalue weighted by molar-refractivity contribution is 0.0787. The van der Waals surface area contributed by atoms with E-state index in [9.17, 15) is 4.79 Å². The molecular formula is C18H25N3O. The van der Waals surface area contributed by atoms with Crippen molar-refractivity contribution < 1.29 is 4.79 Å². The molecule has 3 rings (SSSR count). The van der Waals surface area contributed by atoms with Gasteiger partial charge in [-0.25, -0.2) is 0 Å². The van der Waals surface area contributed by atoms with Crippen LogP contribution in [0.1, 0.15) is 55.4 Å². The third kappa shape index (κ3) is 3.87. The fraction of sp³-hybridized carbons (Fsp3) is 0.556. The highest BCUT2D eigenvalue weighted by molar-refractivity contribution is 5.93. The number of allylic oxidation sites excluding steroid dienone is 1. The first-order valence-electron chi connectivity index (χ1n) is 8.50. The third-order valence-electron chi connectivity index (χ3n) is 4.53. The summed E-state index contributed by atoms with van der Waals surface area (Å²) < 4.78 is 0. The molecule has 1 N–H and O–H groups in total. The maximum absolute atomic E-state index is 12.3. The van der Waals surface area contributed by atoms with E-state index in [2.05, 4.69) is 16.4 Å². The van der Waals surface area contributed by atoms with E-state index in [1.54, 1.807) is 11.8 Å². The van der Waals surface area contributed by atoms with Crippen LogP contribution >= 0.6 is 0 Å². The molecule has 2 heterocycles. The number of anilines is 1. The fourth-order valence-corrected chi connectivity index (χ4v) is 3.24. The van der Waals surface area contributed by atoms with Crippen LogP contribution in [0.25, 0.3) is 0 Å². The van der Waals surface area contributed by atoms with Gasteiger partial charge < -0.3 is 10.2 Å². The van der Waals surface area contributed by atoms with Crippen molar-refractivity contribution in [2.45, 2.75) is 44.9 Å². The summed E-state index contributed by atoms with van der Waals surface area (Å²) in [6.07, 6.45) is 12.6. The Labute approximate surface area is 132 Å². The van der Waals surface area contributed by atoms with Crippen LogP contribution in [0, 0.1) is 0 Å². The van der Waals surface area contributed by atoms with Gasteiger partial charge in [0.15, 0.2) is 0 Å². The van der Waals surface area contributed by atoms with Gasteiger partial charge in [0.1, 0.15) is 5.69 Å². The van der Waals surface area contributed by atoms with Crippen molar-refractivity contribution >= 4 is 11.6 Å². The zero-order valence-corrected chi connectivity index (χ0v) is 13.2. The summed E-state index contributed by atoms with van der Waals surface area (Å²) in [6.45, 7) is 2.66. The molecule has 0 unspecified atom stereocenters. The molecule has 118 valence electrons. The van der Waals surface area contributed by atoms with Crippen LogP contribution in [0.2, 0.25) is 0 Å². The van der Waals surface area contributed by atoms with E-state index in [4.69, 9.17) is 0 Å². The Bertz CT molecular complexity index is 547. The van der Waals surface area contributed by atoms with Crippen molar-refractivity contribution in [2.24, 2.45) is 0 Å². The first-order valence-corrected chi connectivity index (χ1v) is 8.50. The van der Waals surface area contributed by atoms with Gasteiger partial charge in [0.25, 0.3) is 5.91 Å². The number of hydrogen-bond donors (Lipinski definition) is 1. The second-order valence-corrected chi connectivity index (χ2v) is 6.21. The summed E-state index contributed by atoms with van der Waals surface area (Å²) in [5.74, 6) is 0.0659. The average Bonchev–Trinajstić information content (AvgIpc) is 3.10. The molecular weight excluding hydrogens is 274 g/mol. The monoisotopic (exact) mass is 299 g/mol. The lowest BCUT2D eigenvalue weighted by Gasteiger charge is -2.16. The second-order valence-electron chi connectivity index (χ2n) is 6.21. The standard InChI is InChI=1S/C18H25N3O/c22-18(21-12-4-5-13-21)17-14-16(9-11-20-17)19-10-8-15-6-2-1-3-7-15/h6,9,11,14H,1-5,7-8,10,12-13H2,(H,19,20). The Morgan fingerprint density at radius 1 is 1.23 bits per heavy atom. The molecule has 1 aliphatic heterocycles. The minimum Gasteiger partial charge on any atom is -0.385 e. The van der Waals surface area contributed by atoms with Gasteiger partial charge >= 0.3 is 0 Å². The van der Waals surface area contributed by atoms with Crippen LogP contribution in [0.15, 0.2) is 30.0 Å². The molecule has 0 spiro atoms. The average molecular weight is 299 g/mol. The summed E-state index contributed by atoms with van der Waals surface area (Å²) >= 11 is 0. The highest BCUT2D eigenvalue weighted by atomic mass is 16.2. The van der Waals surface area contributed by atoms with Crippen molar-refractivity contribution in [3.8, 4) is 0 Å². The molecule has 1 fully saturated rings. The zero-order valence-electron chi connectivity index (χ0n) is 13.2. The van der Waals surface area contributed by atoms with Gasteiger partial charge in [0, 0.05) is 31.5 Å². The van der Waals surface area contributed by atoms with Crippen LogP contribution in [-0.2, 0) is 0 Å². The Hall–Kier alpha value is -1.84. The summed E-state index contributed by atoms with van der Waals surface area (Å²) in [4.78, 5) is 18.5. The number of pyridine rings is 1. The molecule has 1 amide bonds. The van der Waals surface area contributed by atoms with E-state index < -0.39 is 0 Å². The number of nitrogens with zero attached hydrogens (tertiary/aromatic N) is 2. The third-order valence-corrected chi connectivity index (χ3v) is 4.53. The SMILES string of the molecule is O=C(c1cc(NCCC2=CCCCC2)ccn1)N1CCCC1. The number of likely N-dealkylation sites (tertiary alicyclic amines) is 1. The summed E-state index contributed by atoms with van der Waals surface area (Å²) in [7, 11) is 0. The number of nitrogens with one attached hydrogen (secondary N) is 1. The quantitative estimate of drug-likeness (QED) is 0.845. The first-order chi connectivity index (χ1) is 10.8. The molecule has 0 atom stereocenters. The van der Waals surface area contributed by atoms with Crippen LogP contribution in [0.4, 0.5) is 5.69 Å². The molecule has 2 aliphatic rings. The number of carbonyl (C=O) groups excluding carboxylic acids is 1. The topological polar surface area (TPSA) is 45.2 Å². The molecule has 1 aromatic heterocycles. The van der Waals surface area contributed by atoms with Crippen LogP contribution < -0.4 is 5.32 Å².